The predicted octanol–water partition coefficient (Wildman–Crippen LogP) is 2.17. The monoisotopic (exact) mass is 209 g/mol. The average molecular weight is 209 g/mol. The molecule has 0 saturated heterocycles. The van der Waals surface area contributed by atoms with Gasteiger partial charge in [0.1, 0.15) is 0 Å². The molecule has 1 heterocycles. The molecule has 0 saturated carbocycles. The van der Waals surface area contributed by atoms with Crippen molar-refractivity contribution in [2.24, 2.45) is 11.7 Å². The number of hydrogen-bond acceptors (Lipinski definition) is 2. The van der Waals surface area contributed by atoms with E-state index in [-0.39, 0.29) is 5.54 Å². The van der Waals surface area contributed by atoms with Crippen molar-refractivity contribution in [2.75, 3.05) is 6.54 Å². The van der Waals surface area contributed by atoms with Gasteiger partial charge in [0, 0.05) is 18.4 Å². The molecule has 0 aliphatic rings. The van der Waals surface area contributed by atoms with E-state index in [0.29, 0.717) is 12.5 Å². The molecule has 0 fully saturated rings. The second-order valence-electron chi connectivity index (χ2n) is 4.91. The topological polar surface area (TPSA) is 43.8 Å². The molecule has 1 rings (SSSR count). The molecule has 0 amide bonds. The highest BCUT2D eigenvalue weighted by atomic mass is 15.1. The smallest absolute Gasteiger partial charge is 0.0953 e. The van der Waals surface area contributed by atoms with Crippen molar-refractivity contribution in [3.63, 3.8) is 0 Å². The minimum atomic E-state index is 0.00993. The van der Waals surface area contributed by atoms with E-state index in [2.05, 4.69) is 37.2 Å². The Labute approximate surface area is 92.7 Å². The number of nitrogens with two attached hydrogens (primary N) is 1. The van der Waals surface area contributed by atoms with Crippen LogP contribution in [-0.2, 0) is 12.0 Å². The predicted molar refractivity (Wildman–Crippen MR) is 63.8 cm³/mol. The van der Waals surface area contributed by atoms with Gasteiger partial charge in [0.25, 0.3) is 0 Å². The van der Waals surface area contributed by atoms with Gasteiger partial charge < -0.3 is 10.3 Å². The Kier molecular flexibility index (Phi) is 3.91. The Morgan fingerprint density at radius 2 is 2.20 bits per heavy atom. The average Bonchev–Trinajstić information content (AvgIpc) is 2.64. The third-order valence-corrected chi connectivity index (χ3v) is 2.95. The fourth-order valence-electron chi connectivity index (χ4n) is 2.23. The molecule has 1 aromatic rings. The molecule has 0 radical (unpaired) electrons. The number of aryl methyl sites for hydroxylation is 1. The van der Waals surface area contributed by atoms with Crippen LogP contribution in [0.25, 0.3) is 0 Å². The number of aromatic nitrogens is 2. The summed E-state index contributed by atoms with van der Waals surface area (Å²) < 4.78 is 2.24. The normalized spacial score (nSPS) is 15.6. The maximum Gasteiger partial charge on any atom is 0.0953 e. The van der Waals surface area contributed by atoms with Crippen molar-refractivity contribution >= 4 is 0 Å². The number of hydrogen-bond donors (Lipinski definition) is 1. The second-order valence-corrected chi connectivity index (χ2v) is 4.91. The van der Waals surface area contributed by atoms with Crippen LogP contribution in [0.1, 0.15) is 39.8 Å². The van der Waals surface area contributed by atoms with Crippen LogP contribution in [0.15, 0.2) is 12.5 Å². The minimum absolute atomic E-state index is 0.00993. The van der Waals surface area contributed by atoms with E-state index < -0.39 is 0 Å². The first-order valence-corrected chi connectivity index (χ1v) is 5.75. The van der Waals surface area contributed by atoms with E-state index in [4.69, 9.17) is 5.73 Å². The molecular weight excluding hydrogens is 186 g/mol. The Hall–Kier alpha value is -0.830. The van der Waals surface area contributed by atoms with Gasteiger partial charge >= 0.3 is 0 Å². The SMILES string of the molecule is CCc1cncn1C(C)(CN)CC(C)C. The quantitative estimate of drug-likeness (QED) is 0.807. The van der Waals surface area contributed by atoms with Gasteiger partial charge in [0.05, 0.1) is 11.9 Å². The van der Waals surface area contributed by atoms with Crippen LogP contribution in [0.2, 0.25) is 0 Å². The van der Waals surface area contributed by atoms with E-state index in [9.17, 15) is 0 Å². The fourth-order valence-corrected chi connectivity index (χ4v) is 2.23. The van der Waals surface area contributed by atoms with Crippen LogP contribution in [-0.4, -0.2) is 16.1 Å². The lowest BCUT2D eigenvalue weighted by atomic mass is 9.90. The maximum atomic E-state index is 5.92. The molecule has 2 N–H and O–H groups in total. The van der Waals surface area contributed by atoms with Gasteiger partial charge in [0.15, 0.2) is 0 Å². The minimum Gasteiger partial charge on any atom is -0.328 e. The molecular formula is C12H23N3. The van der Waals surface area contributed by atoms with Crippen molar-refractivity contribution in [2.45, 2.75) is 46.1 Å². The summed E-state index contributed by atoms with van der Waals surface area (Å²) in [5, 5.41) is 0. The lowest BCUT2D eigenvalue weighted by molar-refractivity contribution is 0.259. The largest absolute Gasteiger partial charge is 0.328 e. The van der Waals surface area contributed by atoms with E-state index in [1.165, 1.54) is 5.69 Å². The van der Waals surface area contributed by atoms with Gasteiger partial charge in [-0.2, -0.15) is 0 Å². The molecule has 0 bridgehead atoms. The number of nitrogens with zero attached hydrogens (tertiary/aromatic N) is 2. The molecule has 1 aromatic heterocycles. The van der Waals surface area contributed by atoms with Gasteiger partial charge in [-0.25, -0.2) is 4.98 Å². The summed E-state index contributed by atoms with van der Waals surface area (Å²) in [6.45, 7) is 9.50. The Morgan fingerprint density at radius 1 is 1.53 bits per heavy atom. The van der Waals surface area contributed by atoms with Crippen LogP contribution < -0.4 is 5.73 Å². The number of rotatable bonds is 5. The van der Waals surface area contributed by atoms with Gasteiger partial charge in [-0.3, -0.25) is 0 Å². The first-order chi connectivity index (χ1) is 7.03. The van der Waals surface area contributed by atoms with Gasteiger partial charge in [-0.05, 0) is 25.7 Å². The summed E-state index contributed by atoms with van der Waals surface area (Å²) in [4.78, 5) is 4.22. The van der Waals surface area contributed by atoms with Crippen molar-refractivity contribution in [1.29, 1.82) is 0 Å². The summed E-state index contributed by atoms with van der Waals surface area (Å²) in [5.74, 6) is 0.644. The van der Waals surface area contributed by atoms with Gasteiger partial charge in [0.2, 0.25) is 0 Å². The molecule has 1 atom stereocenters. The zero-order valence-corrected chi connectivity index (χ0v) is 10.3. The Balaban J connectivity index is 2.99. The van der Waals surface area contributed by atoms with E-state index in [1.54, 1.807) is 0 Å². The summed E-state index contributed by atoms with van der Waals surface area (Å²) in [6, 6.07) is 0. The van der Waals surface area contributed by atoms with Gasteiger partial charge in [-0.15, -0.1) is 0 Å². The van der Waals surface area contributed by atoms with Crippen LogP contribution >= 0.6 is 0 Å². The highest BCUT2D eigenvalue weighted by Crippen LogP contribution is 2.25. The van der Waals surface area contributed by atoms with Gasteiger partial charge in [-0.1, -0.05) is 20.8 Å². The highest BCUT2D eigenvalue weighted by molar-refractivity contribution is 5.04. The summed E-state index contributed by atoms with van der Waals surface area (Å²) >= 11 is 0. The second kappa shape index (κ2) is 4.79. The van der Waals surface area contributed by atoms with Crippen molar-refractivity contribution < 1.29 is 0 Å². The standard InChI is InChI=1S/C12H23N3/c1-5-11-7-14-9-15(11)12(4,8-13)6-10(2)3/h7,9-10H,5-6,8,13H2,1-4H3. The summed E-state index contributed by atoms with van der Waals surface area (Å²) in [5.41, 5.74) is 7.20. The zero-order valence-electron chi connectivity index (χ0n) is 10.3. The van der Waals surface area contributed by atoms with Crippen molar-refractivity contribution in [1.82, 2.24) is 9.55 Å². The first-order valence-electron chi connectivity index (χ1n) is 5.75. The third kappa shape index (κ3) is 2.59. The lowest BCUT2D eigenvalue weighted by Crippen LogP contribution is -2.40. The molecule has 3 heteroatoms. The molecule has 1 unspecified atom stereocenters. The van der Waals surface area contributed by atoms with Crippen LogP contribution in [0.3, 0.4) is 0 Å². The van der Waals surface area contributed by atoms with Crippen LogP contribution in [0.5, 0.6) is 0 Å². The Morgan fingerprint density at radius 3 is 2.67 bits per heavy atom. The van der Waals surface area contributed by atoms with Crippen LogP contribution in [0, 0.1) is 5.92 Å². The summed E-state index contributed by atoms with van der Waals surface area (Å²) in [7, 11) is 0. The summed E-state index contributed by atoms with van der Waals surface area (Å²) in [6.07, 6.45) is 5.95. The lowest BCUT2D eigenvalue weighted by Gasteiger charge is -2.33. The first kappa shape index (κ1) is 12.2. The molecule has 3 nitrogen and oxygen atoms in total. The highest BCUT2D eigenvalue weighted by Gasteiger charge is 2.27. The number of imidazole rings is 1. The fraction of sp³-hybridized carbons (Fsp3) is 0.750. The molecule has 15 heavy (non-hydrogen) atoms. The maximum absolute atomic E-state index is 5.92. The van der Waals surface area contributed by atoms with E-state index >= 15 is 0 Å². The molecule has 0 spiro atoms. The molecule has 0 aliphatic carbocycles. The molecule has 86 valence electrons. The molecule has 0 aromatic carbocycles. The zero-order chi connectivity index (χ0) is 11.5. The van der Waals surface area contributed by atoms with E-state index in [0.717, 1.165) is 12.8 Å². The van der Waals surface area contributed by atoms with Crippen molar-refractivity contribution in [3.05, 3.63) is 18.2 Å². The van der Waals surface area contributed by atoms with Crippen molar-refractivity contribution in [3.8, 4) is 0 Å². The molecule has 0 aliphatic heterocycles. The Bertz CT molecular complexity index is 304. The van der Waals surface area contributed by atoms with Crippen LogP contribution in [0.4, 0.5) is 0 Å². The van der Waals surface area contributed by atoms with E-state index in [1.807, 2.05) is 12.5 Å². The third-order valence-electron chi connectivity index (χ3n) is 2.95.